The van der Waals surface area contributed by atoms with Crippen LogP contribution in [0.15, 0.2) is 36.7 Å². The van der Waals surface area contributed by atoms with Gasteiger partial charge in [-0.3, -0.25) is 13.9 Å². The molecule has 4 rings (SSSR count). The topological polar surface area (TPSA) is 185 Å². The molecule has 6 atom stereocenters. The van der Waals surface area contributed by atoms with E-state index in [1.807, 2.05) is 5.92 Å². The summed E-state index contributed by atoms with van der Waals surface area (Å²) in [5, 5.41) is 16.2. The predicted octanol–water partition coefficient (Wildman–Crippen LogP) is 2.18. The number of fused-ring (bicyclic) bond motifs is 1. The van der Waals surface area contributed by atoms with E-state index in [9.17, 15) is 14.5 Å². The first-order valence-corrected chi connectivity index (χ1v) is 14.1. The smallest absolute Gasteiger partial charge is 0.459 e. The highest BCUT2D eigenvalue weighted by molar-refractivity contribution is 7.52. The number of rotatable bonds is 11. The number of aliphatic hydroxyl groups excluding tert-OH is 1. The summed E-state index contributed by atoms with van der Waals surface area (Å²) in [6.45, 7) is 4.08. The Labute approximate surface area is 235 Å². The molecule has 5 N–H and O–H groups in total. The first-order chi connectivity index (χ1) is 19.4. The largest absolute Gasteiger partial charge is 0.462 e. The summed E-state index contributed by atoms with van der Waals surface area (Å²) in [5.74, 6) is 1.57. The van der Waals surface area contributed by atoms with Crippen molar-refractivity contribution in [3.8, 4) is 18.1 Å². The summed E-state index contributed by atoms with van der Waals surface area (Å²) in [6.07, 6.45) is 1.32. The maximum atomic E-state index is 16.1. The lowest BCUT2D eigenvalue weighted by atomic mass is 9.97. The van der Waals surface area contributed by atoms with Crippen molar-refractivity contribution in [3.63, 3.8) is 0 Å². The van der Waals surface area contributed by atoms with Gasteiger partial charge in [0.05, 0.1) is 19.0 Å². The number of nitrogen functional groups attached to an aromatic ring is 1. The number of carbonyl (C=O) groups excluding carboxylic acids is 1. The molecule has 1 saturated heterocycles. The van der Waals surface area contributed by atoms with Crippen molar-refractivity contribution in [1.82, 2.24) is 24.6 Å². The second kappa shape index (κ2) is 12.0. The molecule has 1 aromatic carbocycles. The van der Waals surface area contributed by atoms with Gasteiger partial charge in [-0.05, 0) is 32.9 Å². The van der Waals surface area contributed by atoms with Crippen LogP contribution in [0.1, 0.15) is 27.0 Å². The van der Waals surface area contributed by atoms with Gasteiger partial charge in [-0.15, -0.1) is 6.42 Å². The highest BCUT2D eigenvalue weighted by Crippen LogP contribution is 2.48. The van der Waals surface area contributed by atoms with Gasteiger partial charge >= 0.3 is 13.7 Å². The highest BCUT2D eigenvalue weighted by atomic mass is 31.2. The van der Waals surface area contributed by atoms with E-state index in [-0.39, 0.29) is 28.7 Å². The summed E-state index contributed by atoms with van der Waals surface area (Å²) in [7, 11) is -2.75. The Morgan fingerprint density at radius 3 is 2.68 bits per heavy atom. The molecule has 1 aliphatic heterocycles. The number of esters is 1. The molecular weight excluding hydrogens is 560 g/mol. The molecule has 0 radical (unpaired) electrons. The second-order valence-corrected chi connectivity index (χ2v) is 11.1. The molecule has 3 aromatic rings. The first-order valence-electron chi connectivity index (χ1n) is 12.6. The van der Waals surface area contributed by atoms with E-state index in [0.717, 1.165) is 0 Å². The molecular formula is C25H31FN7O7P. The van der Waals surface area contributed by atoms with Crippen LogP contribution in [-0.2, 0) is 23.4 Å². The third kappa shape index (κ3) is 6.27. The number of imidazole rings is 1. The Morgan fingerprint density at radius 1 is 1.34 bits per heavy atom. The highest BCUT2D eigenvalue weighted by Gasteiger charge is 2.58. The lowest BCUT2D eigenvalue weighted by molar-refractivity contribution is -0.149. The van der Waals surface area contributed by atoms with Gasteiger partial charge in [0.2, 0.25) is 11.6 Å². The van der Waals surface area contributed by atoms with Crippen LogP contribution in [0.5, 0.6) is 5.75 Å². The van der Waals surface area contributed by atoms with Crippen molar-refractivity contribution in [2.75, 3.05) is 24.7 Å². The summed E-state index contributed by atoms with van der Waals surface area (Å²) in [4.78, 5) is 24.7. The number of nitrogens with one attached hydrogen (secondary N) is 2. The van der Waals surface area contributed by atoms with Gasteiger partial charge in [-0.25, -0.2) is 13.9 Å². The van der Waals surface area contributed by atoms with Gasteiger partial charge in [-0.1, -0.05) is 24.1 Å². The predicted molar refractivity (Wildman–Crippen MR) is 146 cm³/mol. The molecule has 14 nitrogen and oxygen atoms in total. The number of nitrogens with two attached hydrogens (primary N) is 1. The zero-order valence-electron chi connectivity index (χ0n) is 22.7. The van der Waals surface area contributed by atoms with Crippen molar-refractivity contribution in [2.45, 2.75) is 57.0 Å². The van der Waals surface area contributed by atoms with Crippen molar-refractivity contribution in [3.05, 3.63) is 36.7 Å². The number of terminal acetylenes is 1. The Hall–Kier alpha value is -3.80. The summed E-state index contributed by atoms with van der Waals surface area (Å²) >= 11 is 0. The number of aliphatic hydroxyl groups is 1. The third-order valence-electron chi connectivity index (χ3n) is 6.03. The molecule has 2 aromatic heterocycles. The molecule has 16 heteroatoms. The second-order valence-electron chi connectivity index (χ2n) is 9.42. The van der Waals surface area contributed by atoms with E-state index in [1.165, 1.54) is 30.0 Å². The van der Waals surface area contributed by atoms with Gasteiger partial charge in [0, 0.05) is 7.05 Å². The third-order valence-corrected chi connectivity index (χ3v) is 7.67. The number of ether oxygens (including phenoxy) is 2. The Bertz CT molecular complexity index is 1480. The maximum Gasteiger partial charge on any atom is 0.459 e. The van der Waals surface area contributed by atoms with Crippen LogP contribution in [0.3, 0.4) is 0 Å². The molecule has 1 aliphatic rings. The fourth-order valence-corrected chi connectivity index (χ4v) is 5.60. The van der Waals surface area contributed by atoms with E-state index in [4.69, 9.17) is 30.7 Å². The van der Waals surface area contributed by atoms with Gasteiger partial charge in [0.25, 0.3) is 0 Å². The molecule has 41 heavy (non-hydrogen) atoms. The van der Waals surface area contributed by atoms with Crippen molar-refractivity contribution in [2.24, 2.45) is 0 Å². The van der Waals surface area contributed by atoms with E-state index in [0.29, 0.717) is 0 Å². The van der Waals surface area contributed by atoms with Crippen LogP contribution < -0.4 is 20.7 Å². The van der Waals surface area contributed by atoms with E-state index in [1.54, 1.807) is 39.1 Å². The van der Waals surface area contributed by atoms with Gasteiger partial charge in [0.15, 0.2) is 23.2 Å². The van der Waals surface area contributed by atoms with Crippen LogP contribution in [0.25, 0.3) is 11.2 Å². The Kier molecular flexibility index (Phi) is 8.81. The van der Waals surface area contributed by atoms with Crippen LogP contribution in [-0.4, -0.2) is 74.3 Å². The van der Waals surface area contributed by atoms with E-state index < -0.39 is 56.6 Å². The van der Waals surface area contributed by atoms with Crippen molar-refractivity contribution in [1.29, 1.82) is 0 Å². The number of aromatic nitrogens is 4. The van der Waals surface area contributed by atoms with Crippen molar-refractivity contribution < 1.29 is 37.4 Å². The minimum atomic E-state index is -4.34. The number of anilines is 2. The normalized spacial score (nSPS) is 24.5. The lowest BCUT2D eigenvalue weighted by Gasteiger charge is -2.25. The van der Waals surface area contributed by atoms with Gasteiger partial charge < -0.3 is 30.2 Å². The Balaban J connectivity index is 1.60. The fourth-order valence-electron chi connectivity index (χ4n) is 4.10. The van der Waals surface area contributed by atoms with Gasteiger partial charge in [0.1, 0.15) is 24.0 Å². The SMILES string of the molecule is C#C[C@@]1(F)[C@H](O)[C@@H](CO[P@@](=O)(N[C@@H](C)C(=O)OC(C)C)Oc2ccccc2)O[C@H]1n1cnc2c(NC)nc(N)nc21. The number of benzene rings is 1. The molecule has 0 spiro atoms. The number of nitrogens with zero attached hydrogens (tertiary/aromatic N) is 4. The quantitative estimate of drug-likeness (QED) is 0.145. The standard InChI is InChI=1S/C25H31FN7O7P/c1-6-25(26)19(34)17(39-23(25)33-13-29-18-20(28-5)30-24(27)31-21(18)33)12-37-41(36,40-16-10-8-7-9-11-16)32-15(4)22(35)38-14(2)3/h1,7-11,13-15,17,19,23,34H,12H2,2-5H3,(H,32,36)(H3,27,28,30,31)/t15-,17+,19+,23+,25+,41-/m0/s1. The summed E-state index contributed by atoms with van der Waals surface area (Å²) in [6, 6.07) is 6.92. The molecule has 0 bridgehead atoms. The average Bonchev–Trinajstić information content (AvgIpc) is 3.45. The minimum absolute atomic E-state index is 0.0927. The van der Waals surface area contributed by atoms with Crippen LogP contribution in [0.2, 0.25) is 0 Å². The average molecular weight is 592 g/mol. The molecule has 1 fully saturated rings. The molecule has 0 amide bonds. The molecule has 0 saturated carbocycles. The molecule has 3 heterocycles. The zero-order valence-corrected chi connectivity index (χ0v) is 23.6. The number of alkyl halides is 1. The number of halogens is 1. The molecule has 220 valence electrons. The number of para-hydroxylation sites is 1. The molecule has 0 unspecified atom stereocenters. The fraction of sp³-hybridized carbons (Fsp3) is 0.440. The minimum Gasteiger partial charge on any atom is -0.462 e. The number of hydrogen-bond acceptors (Lipinski definition) is 12. The zero-order chi connectivity index (χ0) is 29.9. The summed E-state index contributed by atoms with van der Waals surface area (Å²) < 4.78 is 53.2. The van der Waals surface area contributed by atoms with Crippen LogP contribution >= 0.6 is 7.75 Å². The van der Waals surface area contributed by atoms with Crippen molar-refractivity contribution >= 4 is 36.6 Å². The van der Waals surface area contributed by atoms with E-state index >= 15 is 4.39 Å². The number of hydrogen-bond donors (Lipinski definition) is 4. The monoisotopic (exact) mass is 591 g/mol. The number of carbonyl (C=O) groups is 1. The lowest BCUT2D eigenvalue weighted by Crippen LogP contribution is -2.42. The maximum absolute atomic E-state index is 16.1. The van der Waals surface area contributed by atoms with Gasteiger partial charge in [-0.2, -0.15) is 15.1 Å². The van der Waals surface area contributed by atoms with Crippen LogP contribution in [0, 0.1) is 12.3 Å². The first kappa shape index (κ1) is 30.2. The Morgan fingerprint density at radius 2 is 2.05 bits per heavy atom. The molecule has 0 aliphatic carbocycles. The summed E-state index contributed by atoms with van der Waals surface area (Å²) in [5.41, 5.74) is 3.36. The van der Waals surface area contributed by atoms with E-state index in [2.05, 4.69) is 25.4 Å². The van der Waals surface area contributed by atoms with Crippen LogP contribution in [0.4, 0.5) is 16.2 Å².